The molecule has 80 valence electrons. The van der Waals surface area contributed by atoms with Gasteiger partial charge >= 0.3 is 0 Å². The molecule has 0 atom stereocenters. The van der Waals surface area contributed by atoms with E-state index in [9.17, 15) is 8.42 Å². The van der Waals surface area contributed by atoms with Crippen LogP contribution in [0.15, 0.2) is 0 Å². The van der Waals surface area contributed by atoms with Crippen molar-refractivity contribution in [3.8, 4) is 0 Å². The highest BCUT2D eigenvalue weighted by atomic mass is 79.9. The van der Waals surface area contributed by atoms with Crippen LogP contribution in [0.1, 0.15) is 27.7 Å². The molecule has 0 spiro atoms. The van der Waals surface area contributed by atoms with Crippen LogP contribution in [0.5, 0.6) is 0 Å². The Morgan fingerprint density at radius 3 is 1.92 bits per heavy atom. The zero-order valence-electron chi connectivity index (χ0n) is 8.62. The van der Waals surface area contributed by atoms with Crippen LogP contribution in [0.2, 0.25) is 0 Å². The molecule has 0 aliphatic carbocycles. The standard InChI is InChI=1S/C8H18BrNO2S/c1-7(2)5-10(8(3)4)13(11,12)6-9/h7-8H,5-6H2,1-4H3. The number of alkyl halides is 1. The fourth-order valence-corrected chi connectivity index (χ4v) is 3.15. The Morgan fingerprint density at radius 1 is 1.23 bits per heavy atom. The Balaban J connectivity index is 4.62. The van der Waals surface area contributed by atoms with E-state index in [0.717, 1.165) is 0 Å². The molecule has 0 aromatic rings. The summed E-state index contributed by atoms with van der Waals surface area (Å²) >= 11 is 3.00. The summed E-state index contributed by atoms with van der Waals surface area (Å²) in [5.41, 5.74) is 0. The molecule has 0 saturated heterocycles. The van der Waals surface area contributed by atoms with Gasteiger partial charge in [0.2, 0.25) is 10.0 Å². The van der Waals surface area contributed by atoms with Crippen LogP contribution >= 0.6 is 15.9 Å². The Bertz CT molecular complexity index is 237. The van der Waals surface area contributed by atoms with Gasteiger partial charge in [0.05, 0.1) is 0 Å². The van der Waals surface area contributed by atoms with Crippen LogP contribution in [-0.4, -0.2) is 30.0 Å². The van der Waals surface area contributed by atoms with Gasteiger partial charge < -0.3 is 0 Å². The van der Waals surface area contributed by atoms with Gasteiger partial charge in [-0.25, -0.2) is 8.42 Å². The Hall–Kier alpha value is 0.390. The molecular formula is C8H18BrNO2S. The lowest BCUT2D eigenvalue weighted by Crippen LogP contribution is -2.39. The van der Waals surface area contributed by atoms with E-state index in [4.69, 9.17) is 0 Å². The SMILES string of the molecule is CC(C)CN(C(C)C)S(=O)(=O)CBr. The molecule has 0 heterocycles. The van der Waals surface area contributed by atoms with Crippen LogP contribution < -0.4 is 0 Å². The highest BCUT2D eigenvalue weighted by Crippen LogP contribution is 2.12. The average Bonchev–Trinajstić information content (AvgIpc) is 1.99. The molecule has 13 heavy (non-hydrogen) atoms. The Kier molecular flexibility index (Phi) is 5.47. The molecule has 0 fully saturated rings. The Labute approximate surface area is 89.7 Å². The van der Waals surface area contributed by atoms with E-state index in [1.165, 1.54) is 4.31 Å². The molecule has 0 aliphatic rings. The van der Waals surface area contributed by atoms with Gasteiger partial charge in [-0.3, -0.25) is 0 Å². The van der Waals surface area contributed by atoms with Gasteiger partial charge in [0.25, 0.3) is 0 Å². The van der Waals surface area contributed by atoms with E-state index < -0.39 is 10.0 Å². The Morgan fingerprint density at radius 2 is 1.69 bits per heavy atom. The van der Waals surface area contributed by atoms with E-state index in [0.29, 0.717) is 12.5 Å². The molecular weight excluding hydrogens is 254 g/mol. The first-order valence-corrected chi connectivity index (χ1v) is 7.09. The van der Waals surface area contributed by atoms with Crippen LogP contribution in [0, 0.1) is 5.92 Å². The number of sulfonamides is 1. The van der Waals surface area contributed by atoms with Gasteiger partial charge in [0, 0.05) is 12.6 Å². The summed E-state index contributed by atoms with van der Waals surface area (Å²) in [6.07, 6.45) is 0. The van der Waals surface area contributed by atoms with Gasteiger partial charge in [0.15, 0.2) is 0 Å². The molecule has 0 rings (SSSR count). The smallest absolute Gasteiger partial charge is 0.211 e. The number of hydrogen-bond acceptors (Lipinski definition) is 2. The topological polar surface area (TPSA) is 37.4 Å². The predicted molar refractivity (Wildman–Crippen MR) is 59.4 cm³/mol. The molecule has 0 bridgehead atoms. The minimum absolute atomic E-state index is 0.00486. The van der Waals surface area contributed by atoms with E-state index >= 15 is 0 Å². The quantitative estimate of drug-likeness (QED) is 0.718. The summed E-state index contributed by atoms with van der Waals surface area (Å²) in [5.74, 6) is 0.358. The maximum atomic E-state index is 11.6. The van der Waals surface area contributed by atoms with E-state index in [1.54, 1.807) is 0 Å². The molecule has 0 aromatic heterocycles. The first kappa shape index (κ1) is 13.4. The van der Waals surface area contributed by atoms with E-state index in [-0.39, 0.29) is 10.7 Å². The van der Waals surface area contributed by atoms with Crippen molar-refractivity contribution >= 4 is 26.0 Å². The summed E-state index contributed by atoms with van der Waals surface area (Å²) in [5, 5.41) is 0. The zero-order valence-corrected chi connectivity index (χ0v) is 11.0. The largest absolute Gasteiger partial charge is 0.224 e. The fourth-order valence-electron chi connectivity index (χ4n) is 1.07. The molecule has 0 amide bonds. The number of hydrogen-bond donors (Lipinski definition) is 0. The van der Waals surface area contributed by atoms with Crippen molar-refractivity contribution in [2.75, 3.05) is 11.2 Å². The average molecular weight is 272 g/mol. The normalized spacial score (nSPS) is 13.2. The summed E-state index contributed by atoms with van der Waals surface area (Å²) in [7, 11) is -3.10. The molecule has 0 saturated carbocycles. The van der Waals surface area contributed by atoms with E-state index in [2.05, 4.69) is 15.9 Å². The van der Waals surface area contributed by atoms with Crippen LogP contribution in [0.3, 0.4) is 0 Å². The maximum absolute atomic E-state index is 11.6. The van der Waals surface area contributed by atoms with Gasteiger partial charge in [-0.2, -0.15) is 4.31 Å². The zero-order chi connectivity index (χ0) is 10.6. The van der Waals surface area contributed by atoms with Gasteiger partial charge in [-0.05, 0) is 19.8 Å². The number of halogens is 1. The molecule has 3 nitrogen and oxygen atoms in total. The summed E-state index contributed by atoms with van der Waals surface area (Å²) < 4.78 is 24.6. The van der Waals surface area contributed by atoms with Crippen molar-refractivity contribution in [3.05, 3.63) is 0 Å². The maximum Gasteiger partial charge on any atom is 0.224 e. The minimum atomic E-state index is -3.10. The van der Waals surface area contributed by atoms with Crippen molar-refractivity contribution in [1.82, 2.24) is 4.31 Å². The summed E-state index contributed by atoms with van der Waals surface area (Å²) in [6.45, 7) is 8.40. The third-order valence-electron chi connectivity index (χ3n) is 1.62. The highest BCUT2D eigenvalue weighted by Gasteiger charge is 2.23. The monoisotopic (exact) mass is 271 g/mol. The van der Waals surface area contributed by atoms with Crippen molar-refractivity contribution in [3.63, 3.8) is 0 Å². The predicted octanol–water partition coefficient (Wildman–Crippen LogP) is 2.04. The molecule has 0 unspecified atom stereocenters. The van der Waals surface area contributed by atoms with Crippen LogP contribution in [0.25, 0.3) is 0 Å². The first-order chi connectivity index (χ1) is 5.81. The third-order valence-corrected chi connectivity index (χ3v) is 4.91. The van der Waals surface area contributed by atoms with E-state index in [1.807, 2.05) is 27.7 Å². The fraction of sp³-hybridized carbons (Fsp3) is 1.00. The second-order valence-corrected chi connectivity index (χ2v) is 7.00. The highest BCUT2D eigenvalue weighted by molar-refractivity contribution is 9.10. The van der Waals surface area contributed by atoms with Crippen LogP contribution in [-0.2, 0) is 10.0 Å². The van der Waals surface area contributed by atoms with Crippen molar-refractivity contribution in [2.45, 2.75) is 33.7 Å². The van der Waals surface area contributed by atoms with Crippen molar-refractivity contribution < 1.29 is 8.42 Å². The molecule has 0 aromatic carbocycles. The first-order valence-electron chi connectivity index (χ1n) is 4.36. The lowest BCUT2D eigenvalue weighted by molar-refractivity contribution is 0.321. The minimum Gasteiger partial charge on any atom is -0.211 e. The molecule has 0 N–H and O–H groups in total. The third kappa shape index (κ3) is 4.42. The van der Waals surface area contributed by atoms with Gasteiger partial charge in [-0.15, -0.1) is 0 Å². The molecule has 5 heteroatoms. The molecule has 0 aliphatic heterocycles. The molecule has 0 radical (unpaired) electrons. The number of nitrogens with zero attached hydrogens (tertiary/aromatic N) is 1. The van der Waals surface area contributed by atoms with Crippen molar-refractivity contribution in [2.24, 2.45) is 5.92 Å². The van der Waals surface area contributed by atoms with Gasteiger partial charge in [-0.1, -0.05) is 29.8 Å². The summed E-state index contributed by atoms with van der Waals surface area (Å²) in [4.78, 5) is 0. The van der Waals surface area contributed by atoms with Crippen molar-refractivity contribution in [1.29, 1.82) is 0 Å². The lowest BCUT2D eigenvalue weighted by atomic mass is 10.2. The second kappa shape index (κ2) is 5.32. The second-order valence-electron chi connectivity index (χ2n) is 3.78. The van der Waals surface area contributed by atoms with Crippen LogP contribution in [0.4, 0.5) is 0 Å². The number of rotatable bonds is 5. The summed E-state index contributed by atoms with van der Waals surface area (Å²) in [6, 6.07) is 0.0324. The lowest BCUT2D eigenvalue weighted by Gasteiger charge is -2.26. The van der Waals surface area contributed by atoms with Gasteiger partial charge in [0.1, 0.15) is 4.66 Å².